The van der Waals surface area contributed by atoms with Gasteiger partial charge in [0.15, 0.2) is 4.96 Å². The minimum Gasteiger partial charge on any atom is -0.459 e. The SMILES string of the molecule is O=C(CCc1nc2ccccc2s1)OCc1cc(=O)n2ccsc2n1. The lowest BCUT2D eigenvalue weighted by Crippen LogP contribution is -2.14. The summed E-state index contributed by atoms with van der Waals surface area (Å²) in [5.74, 6) is -0.326. The Bertz CT molecular complexity index is 1080. The number of aromatic nitrogens is 3. The summed E-state index contributed by atoms with van der Waals surface area (Å²) < 4.78 is 7.81. The first-order valence-corrected chi connectivity index (χ1v) is 9.34. The first-order valence-electron chi connectivity index (χ1n) is 7.65. The van der Waals surface area contributed by atoms with Crippen molar-refractivity contribution >= 4 is 43.8 Å². The molecule has 8 heteroatoms. The second-order valence-corrected chi connectivity index (χ2v) is 7.37. The van der Waals surface area contributed by atoms with Crippen LogP contribution in [0.3, 0.4) is 0 Å². The van der Waals surface area contributed by atoms with Crippen LogP contribution in [0.2, 0.25) is 0 Å². The number of benzene rings is 1. The standard InChI is InChI=1S/C17H13N3O3S2/c21-15-9-11(18-17-20(15)7-8-24-17)10-23-16(22)6-5-14-19-12-3-1-2-4-13(12)25-14/h1-4,7-9H,5-6,10H2. The third-order valence-corrected chi connectivity index (χ3v) is 5.47. The molecule has 126 valence electrons. The van der Waals surface area contributed by atoms with Gasteiger partial charge in [-0.1, -0.05) is 12.1 Å². The van der Waals surface area contributed by atoms with Crippen molar-refractivity contribution in [2.45, 2.75) is 19.4 Å². The molecule has 0 unspecified atom stereocenters. The van der Waals surface area contributed by atoms with Gasteiger partial charge in [0.1, 0.15) is 6.61 Å². The van der Waals surface area contributed by atoms with E-state index in [0.717, 1.165) is 15.2 Å². The van der Waals surface area contributed by atoms with Crippen molar-refractivity contribution in [3.8, 4) is 0 Å². The van der Waals surface area contributed by atoms with Gasteiger partial charge in [-0.25, -0.2) is 9.97 Å². The number of carbonyl (C=O) groups is 1. The highest BCUT2D eigenvalue weighted by Crippen LogP contribution is 2.22. The Morgan fingerprint density at radius 2 is 2.12 bits per heavy atom. The van der Waals surface area contributed by atoms with Crippen LogP contribution in [-0.2, 0) is 22.6 Å². The molecule has 3 heterocycles. The molecular formula is C17H13N3O3S2. The van der Waals surface area contributed by atoms with Gasteiger partial charge >= 0.3 is 5.97 Å². The van der Waals surface area contributed by atoms with Gasteiger partial charge in [0.25, 0.3) is 5.56 Å². The molecule has 0 saturated carbocycles. The van der Waals surface area contributed by atoms with Gasteiger partial charge in [0, 0.05) is 24.1 Å². The molecular weight excluding hydrogens is 358 g/mol. The highest BCUT2D eigenvalue weighted by atomic mass is 32.1. The molecule has 4 rings (SSSR count). The van der Waals surface area contributed by atoms with Crippen molar-refractivity contribution in [2.75, 3.05) is 0 Å². The van der Waals surface area contributed by atoms with Crippen molar-refractivity contribution in [3.05, 3.63) is 63.0 Å². The van der Waals surface area contributed by atoms with E-state index in [1.807, 2.05) is 24.3 Å². The molecule has 0 aliphatic carbocycles. The highest BCUT2D eigenvalue weighted by Gasteiger charge is 2.10. The lowest BCUT2D eigenvalue weighted by Gasteiger charge is -2.03. The number of esters is 1. The molecule has 0 aliphatic rings. The molecule has 1 aromatic carbocycles. The molecule has 25 heavy (non-hydrogen) atoms. The topological polar surface area (TPSA) is 73.6 Å². The summed E-state index contributed by atoms with van der Waals surface area (Å²) in [6.07, 6.45) is 2.46. The fourth-order valence-electron chi connectivity index (χ4n) is 2.42. The Morgan fingerprint density at radius 3 is 3.00 bits per heavy atom. The zero-order valence-corrected chi connectivity index (χ0v) is 14.7. The average Bonchev–Trinajstić information content (AvgIpc) is 3.24. The van der Waals surface area contributed by atoms with E-state index in [4.69, 9.17) is 4.74 Å². The van der Waals surface area contributed by atoms with Crippen molar-refractivity contribution in [1.82, 2.24) is 14.4 Å². The molecule has 0 spiro atoms. The zero-order valence-electron chi connectivity index (χ0n) is 13.0. The molecule has 0 amide bonds. The Labute approximate surface area is 150 Å². The minimum absolute atomic E-state index is 0.00230. The highest BCUT2D eigenvalue weighted by molar-refractivity contribution is 7.18. The van der Waals surface area contributed by atoms with Gasteiger partial charge in [0.2, 0.25) is 0 Å². The summed E-state index contributed by atoms with van der Waals surface area (Å²) in [6, 6.07) is 9.28. The number of ether oxygens (including phenoxy) is 1. The lowest BCUT2D eigenvalue weighted by atomic mass is 10.3. The number of thiazole rings is 2. The zero-order chi connectivity index (χ0) is 17.2. The predicted molar refractivity (Wildman–Crippen MR) is 97.1 cm³/mol. The number of hydrogen-bond donors (Lipinski definition) is 0. The van der Waals surface area contributed by atoms with Crippen molar-refractivity contribution in [1.29, 1.82) is 0 Å². The first-order chi connectivity index (χ1) is 12.2. The summed E-state index contributed by atoms with van der Waals surface area (Å²) in [7, 11) is 0. The van der Waals surface area contributed by atoms with E-state index in [2.05, 4.69) is 9.97 Å². The van der Waals surface area contributed by atoms with Gasteiger partial charge in [-0.15, -0.1) is 22.7 Å². The minimum atomic E-state index is -0.326. The Hall–Kier alpha value is -2.58. The largest absolute Gasteiger partial charge is 0.459 e. The lowest BCUT2D eigenvalue weighted by molar-refractivity contribution is -0.145. The molecule has 0 N–H and O–H groups in total. The predicted octanol–water partition coefficient (Wildman–Crippen LogP) is 3.04. The van der Waals surface area contributed by atoms with Crippen LogP contribution in [0.4, 0.5) is 0 Å². The molecule has 3 aromatic heterocycles. The summed E-state index contributed by atoms with van der Waals surface area (Å²) >= 11 is 2.95. The smallest absolute Gasteiger partial charge is 0.306 e. The molecule has 0 bridgehead atoms. The maximum absolute atomic E-state index is 11.9. The summed E-state index contributed by atoms with van der Waals surface area (Å²) in [4.78, 5) is 33.2. The van der Waals surface area contributed by atoms with Crippen LogP contribution in [-0.4, -0.2) is 20.3 Å². The summed E-state index contributed by atoms with van der Waals surface area (Å²) in [6.45, 7) is 0.00230. The quantitative estimate of drug-likeness (QED) is 0.504. The maximum Gasteiger partial charge on any atom is 0.306 e. The van der Waals surface area contributed by atoms with Gasteiger partial charge < -0.3 is 4.74 Å². The summed E-state index contributed by atoms with van der Waals surface area (Å²) in [5.41, 5.74) is 1.23. The Balaban J connectivity index is 1.36. The third-order valence-electron chi connectivity index (χ3n) is 3.62. The van der Waals surface area contributed by atoms with Crippen LogP contribution in [0, 0.1) is 0 Å². The molecule has 0 radical (unpaired) electrons. The van der Waals surface area contributed by atoms with Crippen LogP contribution in [0.25, 0.3) is 15.2 Å². The van der Waals surface area contributed by atoms with E-state index >= 15 is 0 Å². The van der Waals surface area contributed by atoms with Crippen LogP contribution >= 0.6 is 22.7 Å². The van der Waals surface area contributed by atoms with E-state index in [-0.39, 0.29) is 24.6 Å². The number of rotatable bonds is 5. The molecule has 6 nitrogen and oxygen atoms in total. The second kappa shape index (κ2) is 6.73. The Kier molecular flexibility index (Phi) is 4.29. The van der Waals surface area contributed by atoms with Crippen molar-refractivity contribution in [3.63, 3.8) is 0 Å². The van der Waals surface area contributed by atoms with E-state index in [1.165, 1.54) is 21.8 Å². The van der Waals surface area contributed by atoms with Crippen LogP contribution in [0.1, 0.15) is 17.1 Å². The number of fused-ring (bicyclic) bond motifs is 2. The molecule has 0 atom stereocenters. The van der Waals surface area contributed by atoms with Crippen molar-refractivity contribution < 1.29 is 9.53 Å². The monoisotopic (exact) mass is 371 g/mol. The van der Waals surface area contributed by atoms with Crippen molar-refractivity contribution in [2.24, 2.45) is 0 Å². The number of nitrogens with zero attached hydrogens (tertiary/aromatic N) is 3. The van der Waals surface area contributed by atoms with Gasteiger partial charge in [-0.2, -0.15) is 0 Å². The number of para-hydroxylation sites is 1. The van der Waals surface area contributed by atoms with Gasteiger partial charge in [0.05, 0.1) is 27.3 Å². The van der Waals surface area contributed by atoms with Gasteiger partial charge in [-0.05, 0) is 12.1 Å². The molecule has 0 aliphatic heterocycles. The fourth-order valence-corrected chi connectivity index (χ4v) is 4.13. The van der Waals surface area contributed by atoms with E-state index < -0.39 is 0 Å². The molecule has 4 aromatic rings. The fraction of sp³-hybridized carbons (Fsp3) is 0.176. The first kappa shape index (κ1) is 15.9. The number of aryl methyl sites for hydroxylation is 1. The molecule has 0 saturated heterocycles. The average molecular weight is 371 g/mol. The summed E-state index contributed by atoms with van der Waals surface area (Å²) in [5, 5.41) is 2.70. The van der Waals surface area contributed by atoms with Gasteiger partial charge in [-0.3, -0.25) is 14.0 Å². The number of carbonyl (C=O) groups excluding carboxylic acids is 1. The van der Waals surface area contributed by atoms with E-state index in [9.17, 15) is 9.59 Å². The second-order valence-electron chi connectivity index (χ2n) is 5.38. The third kappa shape index (κ3) is 3.45. The maximum atomic E-state index is 11.9. The van der Waals surface area contributed by atoms with E-state index in [0.29, 0.717) is 17.1 Å². The molecule has 0 fully saturated rings. The Morgan fingerprint density at radius 1 is 1.24 bits per heavy atom. The van der Waals surface area contributed by atoms with E-state index in [1.54, 1.807) is 22.9 Å². The van der Waals surface area contributed by atoms with Crippen LogP contribution < -0.4 is 5.56 Å². The number of hydrogen-bond acceptors (Lipinski definition) is 7. The van der Waals surface area contributed by atoms with Crippen LogP contribution in [0.5, 0.6) is 0 Å². The van der Waals surface area contributed by atoms with Crippen LogP contribution in [0.15, 0.2) is 46.7 Å². The normalized spacial score (nSPS) is 11.2.